The smallest absolute Gasteiger partial charge is 0.183 e. The van der Waals surface area contributed by atoms with Gasteiger partial charge in [0, 0.05) is 54.1 Å². The van der Waals surface area contributed by atoms with Gasteiger partial charge in [0.1, 0.15) is 17.3 Å². The van der Waals surface area contributed by atoms with E-state index in [0.29, 0.717) is 18.1 Å². The lowest BCUT2D eigenvalue weighted by Crippen LogP contribution is -1.91. The van der Waals surface area contributed by atoms with Crippen LogP contribution in [0.25, 0.3) is 33.5 Å². The van der Waals surface area contributed by atoms with Gasteiger partial charge in [0.2, 0.25) is 0 Å². The van der Waals surface area contributed by atoms with Gasteiger partial charge in [-0.2, -0.15) is 10.2 Å². The first kappa shape index (κ1) is 16.4. The molecule has 5 aromatic rings. The summed E-state index contributed by atoms with van der Waals surface area (Å²) in [4.78, 5) is 12.2. The number of hydrogen-bond donors (Lipinski definition) is 2. The molecule has 4 aromatic heterocycles. The Morgan fingerprint density at radius 1 is 1.14 bits per heavy atom. The molecule has 0 atom stereocenters. The third-order valence-electron chi connectivity index (χ3n) is 4.60. The number of pyridine rings is 1. The maximum absolute atomic E-state index is 13.4. The van der Waals surface area contributed by atoms with E-state index in [4.69, 9.17) is 0 Å². The van der Waals surface area contributed by atoms with Crippen LogP contribution in [-0.4, -0.2) is 34.9 Å². The van der Waals surface area contributed by atoms with Crippen molar-refractivity contribution in [3.05, 3.63) is 72.3 Å². The summed E-state index contributed by atoms with van der Waals surface area (Å²) in [5, 5.41) is 12.4. The summed E-state index contributed by atoms with van der Waals surface area (Å²) >= 11 is 0. The molecule has 28 heavy (non-hydrogen) atoms. The molecular weight excluding hydrogens is 357 g/mol. The molecule has 0 fully saturated rings. The monoisotopic (exact) mass is 373 g/mol. The van der Waals surface area contributed by atoms with Crippen LogP contribution in [0, 0.1) is 5.82 Å². The van der Waals surface area contributed by atoms with Crippen molar-refractivity contribution >= 4 is 11.0 Å². The van der Waals surface area contributed by atoms with Crippen LogP contribution in [0.5, 0.6) is 0 Å². The Kier molecular flexibility index (Phi) is 3.75. The van der Waals surface area contributed by atoms with E-state index < -0.39 is 0 Å². The molecule has 0 unspecified atom stereocenters. The van der Waals surface area contributed by atoms with E-state index >= 15 is 0 Å². The molecule has 7 nitrogen and oxygen atoms in total. The highest BCUT2D eigenvalue weighted by atomic mass is 19.1. The van der Waals surface area contributed by atoms with Crippen molar-refractivity contribution in [2.75, 3.05) is 0 Å². The summed E-state index contributed by atoms with van der Waals surface area (Å²) in [5.41, 5.74) is 4.42. The van der Waals surface area contributed by atoms with Gasteiger partial charge in [-0.15, -0.1) is 0 Å². The minimum absolute atomic E-state index is 0.261. The van der Waals surface area contributed by atoms with Crippen molar-refractivity contribution in [2.24, 2.45) is 7.05 Å². The molecule has 4 heterocycles. The SMILES string of the molecule is Cn1cc(-c2cnc3[nH]cc(-c4n[nH]c(Cc5cccc(F)c5)n4)c3c2)cn1. The summed E-state index contributed by atoms with van der Waals surface area (Å²) < 4.78 is 15.1. The van der Waals surface area contributed by atoms with Gasteiger partial charge in [0.05, 0.1) is 6.20 Å². The van der Waals surface area contributed by atoms with E-state index in [2.05, 4.69) is 30.2 Å². The predicted octanol–water partition coefficient (Wildman–Crippen LogP) is 3.48. The highest BCUT2D eigenvalue weighted by Gasteiger charge is 2.14. The number of nitrogens with one attached hydrogen (secondary N) is 2. The van der Waals surface area contributed by atoms with Crippen LogP contribution in [0.2, 0.25) is 0 Å². The molecule has 0 saturated carbocycles. The van der Waals surface area contributed by atoms with Crippen LogP contribution in [0.1, 0.15) is 11.4 Å². The number of aromatic amines is 2. The van der Waals surface area contributed by atoms with E-state index in [1.165, 1.54) is 12.1 Å². The van der Waals surface area contributed by atoms with E-state index in [9.17, 15) is 4.39 Å². The van der Waals surface area contributed by atoms with Gasteiger partial charge in [-0.1, -0.05) is 12.1 Å². The summed E-state index contributed by atoms with van der Waals surface area (Å²) in [6.07, 6.45) is 7.89. The number of aromatic nitrogens is 7. The molecule has 2 N–H and O–H groups in total. The first-order valence-corrected chi connectivity index (χ1v) is 8.78. The van der Waals surface area contributed by atoms with Crippen LogP contribution in [0.3, 0.4) is 0 Å². The molecule has 0 radical (unpaired) electrons. The second kappa shape index (κ2) is 6.41. The average Bonchev–Trinajstić information content (AvgIpc) is 3.40. The molecule has 0 amide bonds. The van der Waals surface area contributed by atoms with E-state index in [1.807, 2.05) is 37.8 Å². The fourth-order valence-electron chi connectivity index (χ4n) is 3.25. The van der Waals surface area contributed by atoms with Crippen LogP contribution in [0.15, 0.2) is 55.1 Å². The van der Waals surface area contributed by atoms with Gasteiger partial charge in [-0.05, 0) is 23.8 Å². The molecule has 0 bridgehead atoms. The molecular formula is C20H16FN7. The quantitative estimate of drug-likeness (QED) is 0.505. The van der Waals surface area contributed by atoms with Gasteiger partial charge >= 0.3 is 0 Å². The first-order chi connectivity index (χ1) is 13.7. The minimum Gasteiger partial charge on any atom is -0.345 e. The lowest BCUT2D eigenvalue weighted by Gasteiger charge is -1.99. The number of halogens is 1. The van der Waals surface area contributed by atoms with E-state index in [-0.39, 0.29) is 5.82 Å². The van der Waals surface area contributed by atoms with Crippen molar-refractivity contribution in [1.29, 1.82) is 0 Å². The second-order valence-electron chi connectivity index (χ2n) is 6.64. The summed E-state index contributed by atoms with van der Waals surface area (Å²) in [6, 6.07) is 8.52. The highest BCUT2D eigenvalue weighted by molar-refractivity contribution is 5.94. The number of benzene rings is 1. The van der Waals surface area contributed by atoms with Crippen molar-refractivity contribution in [2.45, 2.75) is 6.42 Å². The number of aryl methyl sites for hydroxylation is 1. The molecule has 0 aliphatic rings. The maximum Gasteiger partial charge on any atom is 0.183 e. The normalized spacial score (nSPS) is 11.4. The highest BCUT2D eigenvalue weighted by Crippen LogP contribution is 2.29. The zero-order valence-electron chi connectivity index (χ0n) is 15.0. The molecule has 0 aliphatic carbocycles. The third kappa shape index (κ3) is 2.94. The van der Waals surface area contributed by atoms with Crippen molar-refractivity contribution in [1.82, 2.24) is 34.9 Å². The van der Waals surface area contributed by atoms with Gasteiger partial charge in [0.15, 0.2) is 5.82 Å². The Hall–Kier alpha value is -3.81. The largest absolute Gasteiger partial charge is 0.345 e. The molecule has 0 spiro atoms. The number of hydrogen-bond acceptors (Lipinski definition) is 4. The molecule has 0 aliphatic heterocycles. The van der Waals surface area contributed by atoms with E-state index in [1.54, 1.807) is 16.9 Å². The zero-order valence-corrected chi connectivity index (χ0v) is 15.0. The Bertz CT molecular complexity index is 1280. The van der Waals surface area contributed by atoms with Crippen molar-refractivity contribution in [3.8, 4) is 22.5 Å². The standard InChI is InChI=1S/C20H16FN7/c1-28-11-14(9-24-28)13-7-16-17(10-23-19(16)22-8-13)20-25-18(26-27-20)6-12-3-2-4-15(21)5-12/h2-5,7-11H,6H2,1H3,(H,22,23)(H,25,26,27). The topological polar surface area (TPSA) is 88.1 Å². The number of rotatable bonds is 4. The van der Waals surface area contributed by atoms with Crippen LogP contribution >= 0.6 is 0 Å². The number of H-pyrrole nitrogens is 2. The Balaban J connectivity index is 1.50. The molecule has 0 saturated heterocycles. The molecule has 5 rings (SSSR count). The fourth-order valence-corrected chi connectivity index (χ4v) is 3.25. The maximum atomic E-state index is 13.4. The second-order valence-corrected chi connectivity index (χ2v) is 6.64. The molecule has 1 aromatic carbocycles. The van der Waals surface area contributed by atoms with Crippen LogP contribution < -0.4 is 0 Å². The molecule has 8 heteroatoms. The van der Waals surface area contributed by atoms with Crippen molar-refractivity contribution < 1.29 is 4.39 Å². The van der Waals surface area contributed by atoms with Crippen LogP contribution in [-0.2, 0) is 13.5 Å². The Morgan fingerprint density at radius 2 is 2.07 bits per heavy atom. The van der Waals surface area contributed by atoms with Gasteiger partial charge in [-0.3, -0.25) is 9.78 Å². The lowest BCUT2D eigenvalue weighted by molar-refractivity contribution is 0.626. The number of fused-ring (bicyclic) bond motifs is 1. The summed E-state index contributed by atoms with van der Waals surface area (Å²) in [5.74, 6) is 0.983. The van der Waals surface area contributed by atoms with Crippen LogP contribution in [0.4, 0.5) is 4.39 Å². The van der Waals surface area contributed by atoms with Crippen molar-refractivity contribution in [3.63, 3.8) is 0 Å². The van der Waals surface area contributed by atoms with Gasteiger partial charge in [-0.25, -0.2) is 14.4 Å². The summed E-state index contributed by atoms with van der Waals surface area (Å²) in [6.45, 7) is 0. The minimum atomic E-state index is -0.261. The first-order valence-electron chi connectivity index (χ1n) is 8.78. The van der Waals surface area contributed by atoms with E-state index in [0.717, 1.165) is 33.3 Å². The lowest BCUT2D eigenvalue weighted by atomic mass is 10.1. The fraction of sp³-hybridized carbons (Fsp3) is 0.100. The molecule has 138 valence electrons. The zero-order chi connectivity index (χ0) is 19.1. The average molecular weight is 373 g/mol. The Morgan fingerprint density at radius 3 is 2.89 bits per heavy atom. The number of nitrogens with zero attached hydrogens (tertiary/aromatic N) is 5. The predicted molar refractivity (Wildman–Crippen MR) is 103 cm³/mol. The Labute approximate surface area is 159 Å². The summed E-state index contributed by atoms with van der Waals surface area (Å²) in [7, 11) is 1.88. The third-order valence-corrected chi connectivity index (χ3v) is 4.60. The van der Waals surface area contributed by atoms with Gasteiger partial charge in [0.25, 0.3) is 0 Å². The van der Waals surface area contributed by atoms with Gasteiger partial charge < -0.3 is 4.98 Å².